The first-order valence-corrected chi connectivity index (χ1v) is 6.80. The number of ether oxygens (including phenoxy) is 2. The fourth-order valence-corrected chi connectivity index (χ4v) is 1.92. The van der Waals surface area contributed by atoms with Gasteiger partial charge in [-0.3, -0.25) is 0 Å². The quantitative estimate of drug-likeness (QED) is 0.894. The number of amides is 1. The van der Waals surface area contributed by atoms with Crippen molar-refractivity contribution in [3.05, 3.63) is 65.7 Å². The zero-order valence-electron chi connectivity index (χ0n) is 12.2. The second kappa shape index (κ2) is 8.72. The van der Waals surface area contributed by atoms with Gasteiger partial charge in [-0.05, 0) is 30.2 Å². The summed E-state index contributed by atoms with van der Waals surface area (Å²) in [7, 11) is 1.62. The van der Waals surface area contributed by atoms with Gasteiger partial charge < -0.3 is 14.8 Å². The van der Waals surface area contributed by atoms with Gasteiger partial charge in [0.2, 0.25) is 0 Å². The van der Waals surface area contributed by atoms with Crippen LogP contribution in [0, 0.1) is 0 Å². The minimum Gasteiger partial charge on any atom is -0.497 e. The third-order valence-corrected chi connectivity index (χ3v) is 3.16. The van der Waals surface area contributed by atoms with Crippen molar-refractivity contribution in [2.45, 2.75) is 27.0 Å². The van der Waals surface area contributed by atoms with E-state index in [2.05, 4.69) is 5.32 Å². The van der Waals surface area contributed by atoms with Crippen LogP contribution in [-0.2, 0) is 11.3 Å². The lowest BCUT2D eigenvalue weighted by Gasteiger charge is -2.14. The monoisotopic (exact) mass is 301 g/mol. The Bertz CT molecular complexity index is 567. The summed E-state index contributed by atoms with van der Waals surface area (Å²) in [4.78, 5) is 11.8. The minimum atomic E-state index is -0.429. The van der Waals surface area contributed by atoms with E-state index in [9.17, 15) is 4.79 Å². The van der Waals surface area contributed by atoms with Gasteiger partial charge in [-0.25, -0.2) is 4.79 Å². The highest BCUT2D eigenvalue weighted by Crippen LogP contribution is 2.17. The van der Waals surface area contributed by atoms with Crippen LogP contribution >= 0.6 is 0 Å². The van der Waals surface area contributed by atoms with Gasteiger partial charge in [0, 0.05) is 0 Å². The van der Waals surface area contributed by atoms with Crippen LogP contribution in [0.3, 0.4) is 0 Å². The molecule has 0 fully saturated rings. The van der Waals surface area contributed by atoms with Crippen LogP contribution < -0.4 is 10.1 Å². The van der Waals surface area contributed by atoms with Crippen LogP contribution in [0.4, 0.5) is 4.79 Å². The zero-order chi connectivity index (χ0) is 15.1. The molecule has 0 bridgehead atoms. The first-order valence-electron chi connectivity index (χ1n) is 6.80. The predicted octanol–water partition coefficient (Wildman–Crippen LogP) is 4.32. The largest absolute Gasteiger partial charge is 0.497 e. The highest BCUT2D eigenvalue weighted by molar-refractivity contribution is 5.67. The van der Waals surface area contributed by atoms with E-state index in [1.165, 1.54) is 0 Å². The van der Waals surface area contributed by atoms with Crippen molar-refractivity contribution >= 4 is 6.09 Å². The van der Waals surface area contributed by atoms with Gasteiger partial charge in [-0.2, -0.15) is 0 Å². The molecule has 4 nitrogen and oxygen atoms in total. The van der Waals surface area contributed by atoms with Gasteiger partial charge in [-0.15, -0.1) is 0 Å². The molecule has 0 saturated heterocycles. The molecule has 0 aromatic heterocycles. The number of carbonyl (C=O) groups is 1. The summed E-state index contributed by atoms with van der Waals surface area (Å²) >= 11 is 0. The molecule has 0 heterocycles. The van der Waals surface area contributed by atoms with Crippen LogP contribution in [0.2, 0.25) is 0 Å². The maximum atomic E-state index is 11.8. The molecule has 118 valence electrons. The van der Waals surface area contributed by atoms with Crippen molar-refractivity contribution in [3.8, 4) is 5.75 Å². The molecule has 2 aromatic rings. The first-order chi connectivity index (χ1) is 10.2. The van der Waals surface area contributed by atoms with E-state index in [0.717, 1.165) is 16.9 Å². The maximum Gasteiger partial charge on any atom is 0.407 e. The highest BCUT2D eigenvalue weighted by atomic mass is 16.5. The minimum absolute atomic E-state index is 0. The zero-order valence-corrected chi connectivity index (χ0v) is 12.2. The van der Waals surface area contributed by atoms with Crippen molar-refractivity contribution in [2.75, 3.05) is 7.11 Å². The standard InChI is InChI=1S/C17H19NO3.CH4/c1-13(15-8-10-16(20-2)11-9-15)18-17(19)21-12-14-6-4-3-5-7-14;/h3-11,13H,12H2,1-2H3,(H,18,19);1H4/t13-;/m0./s1. The number of benzene rings is 2. The summed E-state index contributed by atoms with van der Waals surface area (Å²) in [5.74, 6) is 0.789. The molecule has 0 spiro atoms. The number of carbonyl (C=O) groups excluding carboxylic acids is 1. The molecule has 22 heavy (non-hydrogen) atoms. The molecule has 1 atom stereocenters. The number of alkyl carbamates (subject to hydrolysis) is 1. The summed E-state index contributed by atoms with van der Waals surface area (Å²) in [5.41, 5.74) is 1.96. The third-order valence-electron chi connectivity index (χ3n) is 3.16. The fourth-order valence-electron chi connectivity index (χ4n) is 1.92. The second-order valence-electron chi connectivity index (χ2n) is 4.70. The Morgan fingerprint density at radius 3 is 2.32 bits per heavy atom. The number of methoxy groups -OCH3 is 1. The maximum absolute atomic E-state index is 11.8. The van der Waals surface area contributed by atoms with Crippen LogP contribution in [0.1, 0.15) is 31.5 Å². The smallest absolute Gasteiger partial charge is 0.407 e. The molecule has 0 aliphatic carbocycles. The lowest BCUT2D eigenvalue weighted by atomic mass is 10.1. The van der Waals surface area contributed by atoms with Gasteiger partial charge in [0.15, 0.2) is 0 Å². The van der Waals surface area contributed by atoms with Crippen molar-refractivity contribution in [3.63, 3.8) is 0 Å². The Labute approximate surface area is 132 Å². The molecule has 2 rings (SSSR count). The van der Waals surface area contributed by atoms with Gasteiger partial charge in [0.1, 0.15) is 12.4 Å². The van der Waals surface area contributed by atoms with E-state index in [0.29, 0.717) is 0 Å². The Hall–Kier alpha value is -2.49. The molecule has 2 aromatic carbocycles. The van der Waals surface area contributed by atoms with Gasteiger partial charge in [0.05, 0.1) is 13.2 Å². The molecule has 1 N–H and O–H groups in total. The van der Waals surface area contributed by atoms with E-state index in [1.807, 2.05) is 61.5 Å². The van der Waals surface area contributed by atoms with Crippen molar-refractivity contribution in [1.29, 1.82) is 0 Å². The number of rotatable bonds is 5. The average Bonchev–Trinajstić information content (AvgIpc) is 2.54. The van der Waals surface area contributed by atoms with Crippen molar-refractivity contribution in [2.24, 2.45) is 0 Å². The lowest BCUT2D eigenvalue weighted by molar-refractivity contribution is 0.136. The molecule has 4 heteroatoms. The number of hydrogen-bond acceptors (Lipinski definition) is 3. The molecule has 0 unspecified atom stereocenters. The average molecular weight is 301 g/mol. The highest BCUT2D eigenvalue weighted by Gasteiger charge is 2.10. The predicted molar refractivity (Wildman–Crippen MR) is 87.9 cm³/mol. The van der Waals surface area contributed by atoms with E-state index in [4.69, 9.17) is 9.47 Å². The molecule has 0 saturated carbocycles. The first kappa shape index (κ1) is 17.6. The van der Waals surface area contributed by atoms with Crippen LogP contribution in [0.25, 0.3) is 0 Å². The normalized spacial score (nSPS) is 11.0. The topological polar surface area (TPSA) is 47.6 Å². The molecule has 0 aliphatic heterocycles. The number of nitrogens with one attached hydrogen (secondary N) is 1. The Balaban J connectivity index is 0.00000242. The van der Waals surface area contributed by atoms with E-state index in [-0.39, 0.29) is 20.1 Å². The Kier molecular flexibility index (Phi) is 6.96. The SMILES string of the molecule is C.COc1ccc([C@H](C)NC(=O)OCc2ccccc2)cc1. The van der Waals surface area contributed by atoms with E-state index >= 15 is 0 Å². The molecule has 1 amide bonds. The second-order valence-corrected chi connectivity index (χ2v) is 4.70. The molecule has 0 radical (unpaired) electrons. The molecular formula is C18H23NO3. The van der Waals surface area contributed by atoms with Gasteiger partial charge in [-0.1, -0.05) is 49.9 Å². The fraction of sp³-hybridized carbons (Fsp3) is 0.278. The summed E-state index contributed by atoms with van der Waals surface area (Å²) in [6.07, 6.45) is -0.429. The summed E-state index contributed by atoms with van der Waals surface area (Å²) in [5, 5.41) is 2.80. The Morgan fingerprint density at radius 1 is 1.09 bits per heavy atom. The van der Waals surface area contributed by atoms with E-state index in [1.54, 1.807) is 7.11 Å². The van der Waals surface area contributed by atoms with Crippen molar-refractivity contribution < 1.29 is 14.3 Å². The summed E-state index contributed by atoms with van der Waals surface area (Å²) in [6, 6.07) is 17.0. The number of hydrogen-bond donors (Lipinski definition) is 1. The third kappa shape index (κ3) is 5.13. The summed E-state index contributed by atoms with van der Waals surface area (Å²) in [6.45, 7) is 2.17. The molecule has 0 aliphatic rings. The van der Waals surface area contributed by atoms with Gasteiger partial charge >= 0.3 is 6.09 Å². The Morgan fingerprint density at radius 2 is 1.73 bits per heavy atom. The van der Waals surface area contributed by atoms with Crippen LogP contribution in [-0.4, -0.2) is 13.2 Å². The van der Waals surface area contributed by atoms with E-state index < -0.39 is 6.09 Å². The lowest BCUT2D eigenvalue weighted by Crippen LogP contribution is -2.27. The van der Waals surface area contributed by atoms with Crippen LogP contribution in [0.5, 0.6) is 5.75 Å². The summed E-state index contributed by atoms with van der Waals surface area (Å²) < 4.78 is 10.3. The molecular weight excluding hydrogens is 278 g/mol. The van der Waals surface area contributed by atoms with Crippen LogP contribution in [0.15, 0.2) is 54.6 Å². The van der Waals surface area contributed by atoms with Crippen molar-refractivity contribution in [1.82, 2.24) is 5.32 Å². The van der Waals surface area contributed by atoms with Gasteiger partial charge in [0.25, 0.3) is 0 Å².